The number of likely N-dealkylation sites (tertiary alicyclic amines) is 1. The number of aromatic hydroxyl groups is 1. The van der Waals surface area contributed by atoms with Crippen LogP contribution in [0.5, 0.6) is 5.75 Å². The fourth-order valence-electron chi connectivity index (χ4n) is 3.65. The van der Waals surface area contributed by atoms with Gasteiger partial charge in [-0.1, -0.05) is 42.5 Å². The van der Waals surface area contributed by atoms with Crippen molar-refractivity contribution in [3.63, 3.8) is 0 Å². The van der Waals surface area contributed by atoms with Crippen LogP contribution in [-0.2, 0) is 13.1 Å². The Labute approximate surface area is 161 Å². The van der Waals surface area contributed by atoms with E-state index in [2.05, 4.69) is 40.5 Å². The van der Waals surface area contributed by atoms with Crippen LogP contribution in [0.3, 0.4) is 0 Å². The number of rotatable bonds is 7. The molecule has 0 radical (unpaired) electrons. The Bertz CT molecular complexity index is 735. The minimum Gasteiger partial charge on any atom is -0.508 e. The van der Waals surface area contributed by atoms with Crippen molar-refractivity contribution < 1.29 is 9.90 Å². The van der Waals surface area contributed by atoms with Crippen LogP contribution in [0, 0.1) is 5.92 Å². The number of hydrogen-bond acceptors (Lipinski definition) is 3. The molecule has 2 aromatic carbocycles. The second-order valence-corrected chi connectivity index (χ2v) is 7.42. The van der Waals surface area contributed by atoms with Crippen molar-refractivity contribution in [3.8, 4) is 5.75 Å². The number of nitrogens with one attached hydrogen (secondary N) is 1. The molecule has 0 bridgehead atoms. The lowest BCUT2D eigenvalue weighted by atomic mass is 10.1. The van der Waals surface area contributed by atoms with Gasteiger partial charge in [-0.3, -0.25) is 4.90 Å². The van der Waals surface area contributed by atoms with E-state index in [1.807, 2.05) is 6.07 Å². The smallest absolute Gasteiger partial charge is 0.317 e. The van der Waals surface area contributed by atoms with E-state index in [4.69, 9.17) is 0 Å². The molecule has 5 nitrogen and oxygen atoms in total. The highest BCUT2D eigenvalue weighted by Gasteiger charge is 2.22. The third-order valence-electron chi connectivity index (χ3n) is 5.12. The first-order valence-electron chi connectivity index (χ1n) is 9.63. The van der Waals surface area contributed by atoms with Gasteiger partial charge in [-0.25, -0.2) is 4.79 Å². The fourth-order valence-corrected chi connectivity index (χ4v) is 3.65. The largest absolute Gasteiger partial charge is 0.508 e. The Morgan fingerprint density at radius 2 is 1.96 bits per heavy atom. The SMILES string of the molecule is CN(Cc1cccc(O)c1)C(=O)NCC[C@H]1CCN(Cc2ccccc2)C1. The zero-order chi connectivity index (χ0) is 19.1. The molecule has 0 saturated carbocycles. The van der Waals surface area contributed by atoms with Crippen molar-refractivity contribution in [1.82, 2.24) is 15.1 Å². The standard InChI is InChI=1S/C22H29N3O2/c1-24(15-20-8-5-9-21(26)14-20)22(27)23-12-10-19-11-13-25(17-19)16-18-6-3-2-4-7-18/h2-9,14,19,26H,10-13,15-17H2,1H3,(H,23,27)/t19-/m0/s1. The molecule has 0 aromatic heterocycles. The quantitative estimate of drug-likeness (QED) is 0.788. The Morgan fingerprint density at radius 3 is 2.74 bits per heavy atom. The number of nitrogens with zero attached hydrogens (tertiary/aromatic N) is 2. The van der Waals surface area contributed by atoms with Gasteiger partial charge in [0.25, 0.3) is 0 Å². The summed E-state index contributed by atoms with van der Waals surface area (Å²) < 4.78 is 0. The van der Waals surface area contributed by atoms with Gasteiger partial charge < -0.3 is 15.3 Å². The highest BCUT2D eigenvalue weighted by atomic mass is 16.3. The summed E-state index contributed by atoms with van der Waals surface area (Å²) in [7, 11) is 1.77. The molecule has 1 heterocycles. The van der Waals surface area contributed by atoms with Gasteiger partial charge in [0, 0.05) is 33.2 Å². The Morgan fingerprint density at radius 1 is 1.19 bits per heavy atom. The summed E-state index contributed by atoms with van der Waals surface area (Å²) in [5.74, 6) is 0.869. The van der Waals surface area contributed by atoms with E-state index in [0.717, 1.165) is 31.6 Å². The summed E-state index contributed by atoms with van der Waals surface area (Å²) in [5.41, 5.74) is 2.28. The molecule has 144 valence electrons. The summed E-state index contributed by atoms with van der Waals surface area (Å²) in [6.07, 6.45) is 2.21. The normalized spacial score (nSPS) is 17.0. The molecule has 1 aliphatic rings. The fraction of sp³-hybridized carbons (Fsp3) is 0.409. The molecule has 0 aliphatic carbocycles. The number of benzene rings is 2. The number of carbonyl (C=O) groups is 1. The van der Waals surface area contributed by atoms with Crippen LogP contribution in [0.1, 0.15) is 24.0 Å². The predicted octanol–water partition coefficient (Wildman–Crippen LogP) is 3.45. The number of urea groups is 1. The van der Waals surface area contributed by atoms with Crippen molar-refractivity contribution in [2.24, 2.45) is 5.92 Å². The van der Waals surface area contributed by atoms with Crippen LogP contribution >= 0.6 is 0 Å². The molecule has 0 spiro atoms. The average molecular weight is 367 g/mol. The van der Waals surface area contributed by atoms with Gasteiger partial charge in [0.05, 0.1) is 0 Å². The molecule has 1 aliphatic heterocycles. The molecule has 2 aromatic rings. The van der Waals surface area contributed by atoms with Crippen molar-refractivity contribution in [2.75, 3.05) is 26.7 Å². The van der Waals surface area contributed by atoms with Crippen LogP contribution in [0.2, 0.25) is 0 Å². The van der Waals surface area contributed by atoms with E-state index in [9.17, 15) is 9.90 Å². The molecule has 2 N–H and O–H groups in total. The first-order chi connectivity index (χ1) is 13.1. The molecule has 0 unspecified atom stereocenters. The first kappa shape index (κ1) is 19.2. The number of hydrogen-bond donors (Lipinski definition) is 2. The van der Waals surface area contributed by atoms with E-state index in [0.29, 0.717) is 19.0 Å². The maximum absolute atomic E-state index is 12.3. The van der Waals surface area contributed by atoms with Gasteiger partial charge >= 0.3 is 6.03 Å². The molecule has 1 fully saturated rings. The summed E-state index contributed by atoms with van der Waals surface area (Å²) in [5, 5.41) is 12.5. The van der Waals surface area contributed by atoms with Gasteiger partial charge in [0.15, 0.2) is 0 Å². The summed E-state index contributed by atoms with van der Waals surface area (Å²) in [6.45, 7) is 4.42. The highest BCUT2D eigenvalue weighted by molar-refractivity contribution is 5.73. The van der Waals surface area contributed by atoms with Gasteiger partial charge in [0.1, 0.15) is 5.75 Å². The van der Waals surface area contributed by atoms with Crippen LogP contribution in [0.25, 0.3) is 0 Å². The van der Waals surface area contributed by atoms with E-state index >= 15 is 0 Å². The van der Waals surface area contributed by atoms with E-state index < -0.39 is 0 Å². The van der Waals surface area contributed by atoms with Crippen LogP contribution < -0.4 is 5.32 Å². The highest BCUT2D eigenvalue weighted by Crippen LogP contribution is 2.21. The van der Waals surface area contributed by atoms with Crippen molar-refractivity contribution in [1.29, 1.82) is 0 Å². The molecular weight excluding hydrogens is 338 g/mol. The zero-order valence-electron chi connectivity index (χ0n) is 16.0. The number of phenolic OH excluding ortho intramolecular Hbond substituents is 1. The van der Waals surface area contributed by atoms with E-state index in [1.165, 1.54) is 12.0 Å². The van der Waals surface area contributed by atoms with Gasteiger partial charge in [0.2, 0.25) is 0 Å². The molecule has 2 amide bonds. The summed E-state index contributed by atoms with van der Waals surface area (Å²) in [4.78, 5) is 16.4. The van der Waals surface area contributed by atoms with E-state index in [1.54, 1.807) is 30.1 Å². The monoisotopic (exact) mass is 367 g/mol. The zero-order valence-corrected chi connectivity index (χ0v) is 16.0. The maximum Gasteiger partial charge on any atom is 0.317 e. The second kappa shape index (κ2) is 9.42. The van der Waals surface area contributed by atoms with Crippen molar-refractivity contribution in [2.45, 2.75) is 25.9 Å². The van der Waals surface area contributed by atoms with E-state index in [-0.39, 0.29) is 11.8 Å². The summed E-state index contributed by atoms with van der Waals surface area (Å²) >= 11 is 0. The van der Waals surface area contributed by atoms with Gasteiger partial charge in [-0.05, 0) is 48.6 Å². The second-order valence-electron chi connectivity index (χ2n) is 7.42. The number of amides is 2. The lowest BCUT2D eigenvalue weighted by Gasteiger charge is -2.19. The Kier molecular flexibility index (Phi) is 6.71. The van der Waals surface area contributed by atoms with Gasteiger partial charge in [-0.2, -0.15) is 0 Å². The average Bonchev–Trinajstić information content (AvgIpc) is 3.09. The number of phenols is 1. The lowest BCUT2D eigenvalue weighted by Crippen LogP contribution is -2.37. The van der Waals surface area contributed by atoms with Crippen LogP contribution in [0.4, 0.5) is 4.79 Å². The van der Waals surface area contributed by atoms with Crippen molar-refractivity contribution >= 4 is 6.03 Å². The molecule has 27 heavy (non-hydrogen) atoms. The molecule has 1 saturated heterocycles. The maximum atomic E-state index is 12.3. The summed E-state index contributed by atoms with van der Waals surface area (Å²) in [6, 6.07) is 17.5. The predicted molar refractivity (Wildman–Crippen MR) is 107 cm³/mol. The van der Waals surface area contributed by atoms with Crippen LogP contribution in [0.15, 0.2) is 54.6 Å². The Hall–Kier alpha value is -2.53. The Balaban J connectivity index is 1.35. The first-order valence-corrected chi connectivity index (χ1v) is 9.63. The topological polar surface area (TPSA) is 55.8 Å². The number of carbonyl (C=O) groups excluding carboxylic acids is 1. The third kappa shape index (κ3) is 6.00. The van der Waals surface area contributed by atoms with Crippen LogP contribution in [-0.4, -0.2) is 47.6 Å². The molecule has 5 heteroatoms. The molecule has 3 rings (SSSR count). The lowest BCUT2D eigenvalue weighted by molar-refractivity contribution is 0.206. The van der Waals surface area contributed by atoms with Crippen molar-refractivity contribution in [3.05, 3.63) is 65.7 Å². The third-order valence-corrected chi connectivity index (χ3v) is 5.12. The minimum atomic E-state index is -0.0718. The molecule has 1 atom stereocenters. The molecular formula is C22H29N3O2. The van der Waals surface area contributed by atoms with Gasteiger partial charge in [-0.15, -0.1) is 0 Å². The minimum absolute atomic E-state index is 0.0718.